The van der Waals surface area contributed by atoms with E-state index in [1.165, 1.54) is 38.7 Å². The molecule has 0 fully saturated rings. The van der Waals surface area contributed by atoms with Gasteiger partial charge in [-0.05, 0) is 32.3 Å². The molecule has 11 nitrogen and oxygen atoms in total. The van der Waals surface area contributed by atoms with Crippen LogP contribution in [0.25, 0.3) is 0 Å². The number of alkyl halides is 1. The summed E-state index contributed by atoms with van der Waals surface area (Å²) in [7, 11) is 2.72. The highest BCUT2D eigenvalue weighted by Crippen LogP contribution is 2.15. The largest absolute Gasteiger partial charge is 0.382 e. The van der Waals surface area contributed by atoms with E-state index in [-0.39, 0.29) is 25.5 Å². The van der Waals surface area contributed by atoms with Crippen molar-refractivity contribution in [3.05, 3.63) is 52.0 Å². The van der Waals surface area contributed by atoms with E-state index in [9.17, 15) is 24.3 Å². The summed E-state index contributed by atoms with van der Waals surface area (Å²) in [6.07, 6.45) is 2.03. The Morgan fingerprint density at radius 1 is 1.00 bits per heavy atom. The molecule has 4 N–H and O–H groups in total. The number of Topliss-reactive ketones (excluding diaryl/α,β-unsaturated/α-hetero) is 1. The zero-order chi connectivity index (χ0) is 29.0. The van der Waals surface area contributed by atoms with Crippen LogP contribution >= 0.6 is 22.9 Å². The smallest absolute Gasteiger partial charge is 0.263 e. The van der Waals surface area contributed by atoms with Crippen molar-refractivity contribution < 1.29 is 33.8 Å². The number of thiazole rings is 1. The molecular formula is C26H35ClN4O7S. The maximum Gasteiger partial charge on any atom is 0.263 e. The minimum atomic E-state index is -1.88. The third-order valence-electron chi connectivity index (χ3n) is 5.76. The molecule has 0 aliphatic rings. The Hall–Kier alpha value is -2.90. The van der Waals surface area contributed by atoms with E-state index in [2.05, 4.69) is 20.9 Å². The van der Waals surface area contributed by atoms with Gasteiger partial charge in [-0.1, -0.05) is 30.3 Å². The first kappa shape index (κ1) is 32.3. The van der Waals surface area contributed by atoms with Crippen LogP contribution in [0.3, 0.4) is 0 Å². The molecule has 0 saturated carbocycles. The lowest BCUT2D eigenvalue weighted by Crippen LogP contribution is -2.59. The Balaban J connectivity index is 2.16. The van der Waals surface area contributed by atoms with Gasteiger partial charge in [-0.25, -0.2) is 4.98 Å². The number of halogens is 1. The lowest BCUT2D eigenvalue weighted by atomic mass is 9.92. The number of benzene rings is 1. The van der Waals surface area contributed by atoms with Gasteiger partial charge in [0.15, 0.2) is 5.78 Å². The molecule has 0 bridgehead atoms. The van der Waals surface area contributed by atoms with Crippen LogP contribution in [-0.2, 0) is 30.3 Å². The maximum absolute atomic E-state index is 13.2. The van der Waals surface area contributed by atoms with E-state index in [0.717, 1.165) is 5.56 Å². The summed E-state index contributed by atoms with van der Waals surface area (Å²) in [6.45, 7) is 2.65. The van der Waals surface area contributed by atoms with Crippen molar-refractivity contribution in [2.75, 3.05) is 33.3 Å². The number of methoxy groups -OCH3 is 2. The summed E-state index contributed by atoms with van der Waals surface area (Å²) in [4.78, 5) is 56.3. The number of nitrogens with one attached hydrogen (secondary N) is 3. The summed E-state index contributed by atoms with van der Waals surface area (Å²) in [5.41, 5.74) is -0.940. The molecule has 2 aromatic rings. The first-order valence-corrected chi connectivity index (χ1v) is 13.6. The number of ether oxygens (including phenoxy) is 2. The molecule has 3 amide bonds. The molecule has 1 heterocycles. The number of rotatable bonds is 16. The number of hydrogen-bond donors (Lipinski definition) is 4. The lowest BCUT2D eigenvalue weighted by Gasteiger charge is -2.28. The highest BCUT2D eigenvalue weighted by atomic mass is 35.5. The van der Waals surface area contributed by atoms with Gasteiger partial charge in [-0.3, -0.25) is 19.2 Å². The summed E-state index contributed by atoms with van der Waals surface area (Å²) < 4.78 is 10.2. The predicted molar refractivity (Wildman–Crippen MR) is 147 cm³/mol. The minimum absolute atomic E-state index is 0.159. The van der Waals surface area contributed by atoms with Crippen molar-refractivity contribution in [2.45, 2.75) is 50.4 Å². The molecule has 1 aromatic heterocycles. The average molecular weight is 583 g/mol. The SMILES string of the molecule is COC[C@H](NC(=O)c1cnc(C)s1)C(=O)N[C@@H](COC)C(=O)N[C@@H](CCc1ccccc1)C(=O)C(C)(O)CCl. The number of carbonyl (C=O) groups is 4. The molecule has 0 radical (unpaired) electrons. The zero-order valence-electron chi connectivity index (χ0n) is 22.4. The summed E-state index contributed by atoms with van der Waals surface area (Å²) >= 11 is 6.98. The standard InChI is InChI=1S/C26H35ClN4O7S/c1-16-28-12-21(39-16)25(35)31-20(14-38-4)24(34)30-19(13-37-3)23(33)29-18(22(32)26(2,36)15-27)11-10-17-8-6-5-7-9-17/h5-9,12,18-20,36H,10-11,13-15H2,1-4H3,(H,29,33)(H,30,34)(H,31,35)/t18-,19-,20-,26?/m0/s1. The molecule has 2 rings (SSSR count). The van der Waals surface area contributed by atoms with Crippen molar-refractivity contribution in [3.63, 3.8) is 0 Å². The number of aromatic nitrogens is 1. The molecule has 1 unspecified atom stereocenters. The molecule has 0 saturated heterocycles. The average Bonchev–Trinajstić information content (AvgIpc) is 3.36. The first-order valence-electron chi connectivity index (χ1n) is 12.2. The number of carbonyl (C=O) groups excluding carboxylic acids is 4. The Morgan fingerprint density at radius 2 is 1.56 bits per heavy atom. The van der Waals surface area contributed by atoms with Crippen LogP contribution in [0.2, 0.25) is 0 Å². The van der Waals surface area contributed by atoms with Crippen LogP contribution in [0.4, 0.5) is 0 Å². The zero-order valence-corrected chi connectivity index (χ0v) is 23.9. The van der Waals surface area contributed by atoms with Gasteiger partial charge in [0.2, 0.25) is 11.8 Å². The van der Waals surface area contributed by atoms with Crippen LogP contribution < -0.4 is 16.0 Å². The summed E-state index contributed by atoms with van der Waals surface area (Å²) in [6, 6.07) is 5.92. The van der Waals surface area contributed by atoms with E-state index in [1.54, 1.807) is 6.92 Å². The van der Waals surface area contributed by atoms with E-state index in [4.69, 9.17) is 21.1 Å². The Bertz CT molecular complexity index is 1110. The molecule has 39 heavy (non-hydrogen) atoms. The highest BCUT2D eigenvalue weighted by Gasteiger charge is 2.37. The Morgan fingerprint density at radius 3 is 2.08 bits per heavy atom. The molecular weight excluding hydrogens is 548 g/mol. The van der Waals surface area contributed by atoms with Crippen molar-refractivity contribution in [2.24, 2.45) is 0 Å². The number of nitrogens with zero attached hydrogens (tertiary/aromatic N) is 1. The summed E-state index contributed by atoms with van der Waals surface area (Å²) in [5, 5.41) is 18.9. The lowest BCUT2D eigenvalue weighted by molar-refractivity contribution is -0.139. The van der Waals surface area contributed by atoms with Crippen LogP contribution in [0.5, 0.6) is 0 Å². The fourth-order valence-corrected chi connectivity index (χ4v) is 4.42. The number of hydrogen-bond acceptors (Lipinski definition) is 9. The fraction of sp³-hybridized carbons (Fsp3) is 0.500. The van der Waals surface area contributed by atoms with Crippen molar-refractivity contribution in [1.29, 1.82) is 0 Å². The Labute approximate surface area is 236 Å². The molecule has 13 heteroatoms. The van der Waals surface area contributed by atoms with E-state index >= 15 is 0 Å². The third kappa shape index (κ3) is 9.97. The number of aliphatic hydroxyl groups is 1. The first-order chi connectivity index (χ1) is 18.5. The maximum atomic E-state index is 13.2. The van der Waals surface area contributed by atoms with Crippen LogP contribution in [0, 0.1) is 6.92 Å². The van der Waals surface area contributed by atoms with E-state index in [1.807, 2.05) is 30.3 Å². The molecule has 4 atom stereocenters. The predicted octanol–water partition coefficient (Wildman–Crippen LogP) is 1.00. The van der Waals surface area contributed by atoms with Crippen LogP contribution in [0.15, 0.2) is 36.5 Å². The van der Waals surface area contributed by atoms with E-state index < -0.39 is 47.2 Å². The third-order valence-corrected chi connectivity index (χ3v) is 7.19. The van der Waals surface area contributed by atoms with Crippen molar-refractivity contribution >= 4 is 46.4 Å². The van der Waals surface area contributed by atoms with Crippen LogP contribution in [0.1, 0.15) is 33.6 Å². The second kappa shape index (κ2) is 15.6. The van der Waals surface area contributed by atoms with Gasteiger partial charge in [0.05, 0.1) is 36.3 Å². The van der Waals surface area contributed by atoms with Gasteiger partial charge in [-0.15, -0.1) is 22.9 Å². The fourth-order valence-electron chi connectivity index (χ4n) is 3.61. The summed E-state index contributed by atoms with van der Waals surface area (Å²) in [5.74, 6) is -2.93. The highest BCUT2D eigenvalue weighted by molar-refractivity contribution is 7.13. The number of amides is 3. The molecule has 0 aliphatic carbocycles. The van der Waals surface area contributed by atoms with Gasteiger partial charge in [-0.2, -0.15) is 0 Å². The number of ketones is 1. The number of aryl methyl sites for hydroxylation is 2. The normalized spacial score (nSPS) is 14.9. The van der Waals surface area contributed by atoms with Gasteiger partial charge in [0.1, 0.15) is 22.6 Å². The minimum Gasteiger partial charge on any atom is -0.382 e. The van der Waals surface area contributed by atoms with Gasteiger partial charge < -0.3 is 30.5 Å². The topological polar surface area (TPSA) is 156 Å². The Kier molecular flexibility index (Phi) is 13.0. The second-order valence-electron chi connectivity index (χ2n) is 9.10. The second-order valence-corrected chi connectivity index (χ2v) is 10.6. The molecule has 0 spiro atoms. The molecule has 0 aliphatic heterocycles. The van der Waals surface area contributed by atoms with Crippen LogP contribution in [-0.4, -0.2) is 90.6 Å². The van der Waals surface area contributed by atoms with E-state index in [0.29, 0.717) is 16.3 Å². The van der Waals surface area contributed by atoms with Crippen molar-refractivity contribution in [3.8, 4) is 0 Å². The van der Waals surface area contributed by atoms with Crippen molar-refractivity contribution in [1.82, 2.24) is 20.9 Å². The van der Waals surface area contributed by atoms with Gasteiger partial charge >= 0.3 is 0 Å². The van der Waals surface area contributed by atoms with Gasteiger partial charge in [0, 0.05) is 14.2 Å². The van der Waals surface area contributed by atoms with Gasteiger partial charge in [0.25, 0.3) is 5.91 Å². The monoisotopic (exact) mass is 582 g/mol. The molecule has 1 aromatic carbocycles. The molecule has 214 valence electrons. The quantitative estimate of drug-likeness (QED) is 0.214.